The van der Waals surface area contributed by atoms with Gasteiger partial charge < -0.3 is 5.32 Å². The van der Waals surface area contributed by atoms with Gasteiger partial charge in [-0.1, -0.05) is 0 Å². The topological polar surface area (TPSA) is 24.9 Å². The second-order valence-corrected chi connectivity index (χ2v) is 5.28. The molecule has 0 unspecified atom stereocenters. The first-order chi connectivity index (χ1) is 9.95. The van der Waals surface area contributed by atoms with E-state index in [9.17, 15) is 17.6 Å². The molecular formula is C14H12F4N2S. The third-order valence-corrected chi connectivity index (χ3v) is 3.53. The summed E-state index contributed by atoms with van der Waals surface area (Å²) in [5.41, 5.74) is 0.0358. The molecule has 0 fully saturated rings. The van der Waals surface area contributed by atoms with Crippen LogP contribution < -0.4 is 5.32 Å². The maximum atomic E-state index is 12.7. The highest BCUT2D eigenvalue weighted by molar-refractivity contribution is 7.99. The normalized spacial score (nSPS) is 11.4. The first kappa shape index (κ1) is 15.6. The Morgan fingerprint density at radius 3 is 2.33 bits per heavy atom. The molecular weight excluding hydrogens is 304 g/mol. The second kappa shape index (κ2) is 6.80. The number of rotatable bonds is 5. The number of halogens is 4. The van der Waals surface area contributed by atoms with E-state index in [1.807, 2.05) is 0 Å². The third-order valence-electron chi connectivity index (χ3n) is 2.59. The largest absolute Gasteiger partial charge is 0.417 e. The van der Waals surface area contributed by atoms with Crippen LogP contribution in [0.2, 0.25) is 0 Å². The maximum Gasteiger partial charge on any atom is 0.417 e. The Kier molecular flexibility index (Phi) is 5.06. The molecule has 0 aliphatic carbocycles. The van der Waals surface area contributed by atoms with Crippen LogP contribution in [0.25, 0.3) is 0 Å². The molecule has 7 heteroatoms. The zero-order chi connectivity index (χ0) is 15.3. The Morgan fingerprint density at radius 2 is 1.76 bits per heavy atom. The number of thioether (sulfide) groups is 1. The minimum Gasteiger partial charge on any atom is -0.384 e. The number of benzene rings is 1. The average Bonchev–Trinajstić information content (AvgIpc) is 2.45. The van der Waals surface area contributed by atoms with Gasteiger partial charge in [-0.15, -0.1) is 11.8 Å². The summed E-state index contributed by atoms with van der Waals surface area (Å²) in [6.45, 7) is 0.596. The van der Waals surface area contributed by atoms with Gasteiger partial charge in [0.25, 0.3) is 0 Å². The number of hydrogen-bond donors (Lipinski definition) is 1. The van der Waals surface area contributed by atoms with Gasteiger partial charge in [-0.2, -0.15) is 13.2 Å². The van der Waals surface area contributed by atoms with Crippen LogP contribution in [-0.2, 0) is 6.18 Å². The van der Waals surface area contributed by atoms with Crippen LogP contribution in [0.15, 0.2) is 47.6 Å². The van der Waals surface area contributed by atoms with Crippen molar-refractivity contribution in [3.8, 4) is 0 Å². The monoisotopic (exact) mass is 316 g/mol. The maximum absolute atomic E-state index is 12.7. The van der Waals surface area contributed by atoms with Crippen molar-refractivity contribution in [3.63, 3.8) is 0 Å². The summed E-state index contributed by atoms with van der Waals surface area (Å²) in [7, 11) is 0. The van der Waals surface area contributed by atoms with Gasteiger partial charge in [0.05, 0.1) is 10.6 Å². The van der Waals surface area contributed by atoms with Crippen molar-refractivity contribution in [2.24, 2.45) is 0 Å². The van der Waals surface area contributed by atoms with Gasteiger partial charge in [0.1, 0.15) is 5.82 Å². The van der Waals surface area contributed by atoms with Gasteiger partial charge >= 0.3 is 6.18 Å². The molecule has 1 heterocycles. The Hall–Kier alpha value is -1.76. The van der Waals surface area contributed by atoms with Crippen molar-refractivity contribution >= 4 is 17.4 Å². The van der Waals surface area contributed by atoms with E-state index >= 15 is 0 Å². The Balaban J connectivity index is 1.77. The van der Waals surface area contributed by atoms with Gasteiger partial charge in [0.15, 0.2) is 0 Å². The molecule has 0 spiro atoms. The molecule has 2 aromatic rings. The van der Waals surface area contributed by atoms with E-state index in [4.69, 9.17) is 0 Å². The van der Waals surface area contributed by atoms with Crippen molar-refractivity contribution in [1.29, 1.82) is 0 Å². The lowest BCUT2D eigenvalue weighted by atomic mass is 10.3. The fourth-order valence-electron chi connectivity index (χ4n) is 1.55. The summed E-state index contributed by atoms with van der Waals surface area (Å²) in [4.78, 5) is 3.77. The van der Waals surface area contributed by atoms with Crippen molar-refractivity contribution in [1.82, 2.24) is 4.98 Å². The Morgan fingerprint density at radius 1 is 1.05 bits per heavy atom. The zero-order valence-corrected chi connectivity index (χ0v) is 11.6. The van der Waals surface area contributed by atoms with Crippen LogP contribution in [0.5, 0.6) is 0 Å². The predicted octanol–water partition coefficient (Wildman–Crippen LogP) is 4.44. The molecule has 2 rings (SSSR count). The molecule has 0 saturated carbocycles. The van der Waals surface area contributed by atoms with Crippen molar-refractivity contribution in [3.05, 3.63) is 54.0 Å². The summed E-state index contributed by atoms with van der Waals surface area (Å²) in [5, 5.41) is 3.61. The van der Waals surface area contributed by atoms with Crippen LogP contribution in [0, 0.1) is 5.82 Å². The molecule has 0 atom stereocenters. The number of pyridine rings is 1. The molecule has 1 aromatic heterocycles. The number of nitrogens with zero attached hydrogens (tertiary/aromatic N) is 1. The average molecular weight is 316 g/mol. The highest BCUT2D eigenvalue weighted by atomic mass is 32.2. The third kappa shape index (κ3) is 4.93. The van der Waals surface area contributed by atoms with Crippen molar-refractivity contribution < 1.29 is 17.6 Å². The number of hydrogen-bond acceptors (Lipinski definition) is 3. The molecule has 0 radical (unpaired) electrons. The van der Waals surface area contributed by atoms with Gasteiger partial charge in [0, 0.05) is 24.2 Å². The van der Waals surface area contributed by atoms with Gasteiger partial charge in [0.2, 0.25) is 0 Å². The molecule has 1 aromatic carbocycles. The number of anilines is 1. The standard InChI is InChI=1S/C14H12F4N2S/c15-11-2-4-12(5-3-11)19-7-8-21-13-6-1-10(9-20-13)14(16,17)18/h1-6,9,19H,7-8H2. The van der Waals surface area contributed by atoms with Gasteiger partial charge in [-0.05, 0) is 36.4 Å². The second-order valence-electron chi connectivity index (χ2n) is 4.17. The quantitative estimate of drug-likeness (QED) is 0.501. The van der Waals surface area contributed by atoms with Gasteiger partial charge in [-0.3, -0.25) is 0 Å². The summed E-state index contributed by atoms with van der Waals surface area (Å²) < 4.78 is 49.8. The minimum absolute atomic E-state index is 0.302. The lowest BCUT2D eigenvalue weighted by Gasteiger charge is -2.07. The number of nitrogens with one attached hydrogen (secondary N) is 1. The molecule has 0 bridgehead atoms. The molecule has 0 aliphatic rings. The zero-order valence-electron chi connectivity index (χ0n) is 10.8. The molecule has 0 amide bonds. The smallest absolute Gasteiger partial charge is 0.384 e. The van der Waals surface area contributed by atoms with E-state index in [0.717, 1.165) is 18.0 Å². The highest BCUT2D eigenvalue weighted by Crippen LogP contribution is 2.29. The summed E-state index contributed by atoms with van der Waals surface area (Å²) in [6.07, 6.45) is -3.53. The lowest BCUT2D eigenvalue weighted by Crippen LogP contribution is -2.06. The van der Waals surface area contributed by atoms with Crippen LogP contribution in [0.4, 0.5) is 23.2 Å². The van der Waals surface area contributed by atoms with Crippen LogP contribution in [0.1, 0.15) is 5.56 Å². The molecule has 112 valence electrons. The number of alkyl halides is 3. The van der Waals surface area contributed by atoms with Crippen molar-refractivity contribution in [2.45, 2.75) is 11.2 Å². The first-order valence-corrected chi connectivity index (χ1v) is 7.09. The number of aromatic nitrogens is 1. The SMILES string of the molecule is Fc1ccc(NCCSc2ccc(C(F)(F)F)cn2)cc1. The Bertz CT molecular complexity index is 567. The van der Waals surface area contributed by atoms with E-state index in [1.165, 1.54) is 30.0 Å². The van der Waals surface area contributed by atoms with Crippen molar-refractivity contribution in [2.75, 3.05) is 17.6 Å². The predicted molar refractivity (Wildman–Crippen MR) is 74.9 cm³/mol. The highest BCUT2D eigenvalue weighted by Gasteiger charge is 2.30. The van der Waals surface area contributed by atoms with Gasteiger partial charge in [-0.25, -0.2) is 9.37 Å². The van der Waals surface area contributed by atoms with E-state index in [-0.39, 0.29) is 5.82 Å². The van der Waals surface area contributed by atoms with E-state index in [0.29, 0.717) is 17.3 Å². The molecule has 0 aliphatic heterocycles. The van der Waals surface area contributed by atoms with E-state index < -0.39 is 11.7 Å². The molecule has 1 N–H and O–H groups in total. The summed E-state index contributed by atoms with van der Waals surface area (Å²) in [6, 6.07) is 8.32. The summed E-state index contributed by atoms with van der Waals surface area (Å²) >= 11 is 1.35. The summed E-state index contributed by atoms with van der Waals surface area (Å²) in [5.74, 6) is 0.333. The first-order valence-electron chi connectivity index (χ1n) is 6.10. The molecule has 2 nitrogen and oxygen atoms in total. The fraction of sp³-hybridized carbons (Fsp3) is 0.214. The molecule has 21 heavy (non-hydrogen) atoms. The fourth-order valence-corrected chi connectivity index (χ4v) is 2.26. The Labute approximate surface area is 123 Å². The molecule has 0 saturated heterocycles. The van der Waals surface area contributed by atoms with Crippen LogP contribution >= 0.6 is 11.8 Å². The minimum atomic E-state index is -4.36. The van der Waals surface area contributed by atoms with E-state index in [2.05, 4.69) is 10.3 Å². The lowest BCUT2D eigenvalue weighted by molar-refractivity contribution is -0.137. The van der Waals surface area contributed by atoms with E-state index in [1.54, 1.807) is 12.1 Å². The van der Waals surface area contributed by atoms with Crippen LogP contribution in [0.3, 0.4) is 0 Å². The van der Waals surface area contributed by atoms with Crippen LogP contribution in [-0.4, -0.2) is 17.3 Å².